The van der Waals surface area contributed by atoms with E-state index in [0.717, 1.165) is 24.3 Å². The number of halogens is 6. The summed E-state index contributed by atoms with van der Waals surface area (Å²) >= 11 is 0. The molecular weight excluding hydrogens is 258 g/mol. The first kappa shape index (κ1) is 14.1. The van der Waals surface area contributed by atoms with Crippen LogP contribution in [0.3, 0.4) is 0 Å². The molecule has 18 heavy (non-hydrogen) atoms. The van der Waals surface area contributed by atoms with E-state index in [1.54, 1.807) is 0 Å². The van der Waals surface area contributed by atoms with Crippen molar-refractivity contribution in [2.24, 2.45) is 0 Å². The van der Waals surface area contributed by atoms with Crippen molar-refractivity contribution in [3.05, 3.63) is 71.3 Å². The van der Waals surface area contributed by atoms with Gasteiger partial charge in [-0.1, -0.05) is 0 Å². The Labute approximate surface area is 98.5 Å². The molecule has 0 radical (unpaired) electrons. The molecule has 0 saturated carbocycles. The van der Waals surface area contributed by atoms with E-state index >= 15 is 0 Å². The van der Waals surface area contributed by atoms with Gasteiger partial charge in [0, 0.05) is 12.1 Å². The molecule has 0 bridgehead atoms. The summed E-state index contributed by atoms with van der Waals surface area (Å²) in [5.41, 5.74) is 0. The fraction of sp³-hybridized carbons (Fsp3) is 0. The van der Waals surface area contributed by atoms with Crippen LogP contribution in [0.15, 0.2) is 36.4 Å². The summed E-state index contributed by atoms with van der Waals surface area (Å²) in [6, 6.07) is 4.19. The lowest BCUT2D eigenvalue weighted by Crippen LogP contribution is -1.83. The zero-order valence-corrected chi connectivity index (χ0v) is 8.73. The van der Waals surface area contributed by atoms with E-state index in [9.17, 15) is 26.3 Å². The van der Waals surface area contributed by atoms with Gasteiger partial charge in [0.05, 0.1) is 0 Å². The Morgan fingerprint density at radius 2 is 0.778 bits per heavy atom. The van der Waals surface area contributed by atoms with Gasteiger partial charge in [-0.25, -0.2) is 26.3 Å². The lowest BCUT2D eigenvalue weighted by molar-refractivity contribution is 0.495. The minimum absolute atomic E-state index is 0.495. The van der Waals surface area contributed by atoms with Crippen molar-refractivity contribution in [3.63, 3.8) is 0 Å². The van der Waals surface area contributed by atoms with Crippen LogP contribution in [0.4, 0.5) is 26.3 Å². The highest BCUT2D eigenvalue weighted by Gasteiger charge is 2.00. The molecule has 0 N–H and O–H groups in total. The van der Waals surface area contributed by atoms with Crippen molar-refractivity contribution >= 4 is 0 Å². The van der Waals surface area contributed by atoms with Crippen molar-refractivity contribution < 1.29 is 26.3 Å². The second kappa shape index (κ2) is 6.09. The summed E-state index contributed by atoms with van der Waals surface area (Å²) < 4.78 is 71.7. The highest BCUT2D eigenvalue weighted by atomic mass is 19.2. The molecule has 0 heterocycles. The minimum atomic E-state index is -1.16. The van der Waals surface area contributed by atoms with Gasteiger partial charge in [-0.2, -0.15) is 0 Å². The monoisotopic (exact) mass is 264 g/mol. The Morgan fingerprint density at radius 1 is 0.444 bits per heavy atom. The molecule has 0 aromatic heterocycles. The lowest BCUT2D eigenvalue weighted by atomic mass is 10.3. The van der Waals surface area contributed by atoms with Gasteiger partial charge in [0.2, 0.25) is 0 Å². The maximum absolute atomic E-state index is 12.0. The van der Waals surface area contributed by atoms with Gasteiger partial charge < -0.3 is 0 Å². The zero-order valence-electron chi connectivity index (χ0n) is 8.73. The minimum Gasteiger partial charge on any atom is -0.207 e. The standard InChI is InChI=1S/2C6H3F3/c2*7-4-1-2-5(8)6(9)3-4/h2*1-3H. The molecule has 0 aliphatic carbocycles. The molecule has 0 fully saturated rings. The number of hydrogen-bond acceptors (Lipinski definition) is 0. The van der Waals surface area contributed by atoms with Gasteiger partial charge in [0.15, 0.2) is 23.3 Å². The normalized spacial score (nSPS) is 9.67. The number of benzene rings is 2. The number of rotatable bonds is 0. The summed E-state index contributed by atoms with van der Waals surface area (Å²) in [5, 5.41) is 0. The molecule has 0 aliphatic heterocycles. The second-order valence-corrected chi connectivity index (χ2v) is 3.12. The highest BCUT2D eigenvalue weighted by Crippen LogP contribution is 2.06. The van der Waals surface area contributed by atoms with Crippen LogP contribution < -0.4 is 0 Å². The third-order valence-electron chi connectivity index (χ3n) is 1.76. The molecule has 0 amide bonds. The van der Waals surface area contributed by atoms with Gasteiger partial charge in [-0.15, -0.1) is 0 Å². The Balaban J connectivity index is 0.000000180. The Hall–Kier alpha value is -1.98. The predicted molar refractivity (Wildman–Crippen MR) is 52.6 cm³/mol. The van der Waals surface area contributed by atoms with Crippen molar-refractivity contribution in [2.45, 2.75) is 0 Å². The second-order valence-electron chi connectivity index (χ2n) is 3.12. The van der Waals surface area contributed by atoms with E-state index in [0.29, 0.717) is 12.1 Å². The van der Waals surface area contributed by atoms with Gasteiger partial charge >= 0.3 is 0 Å². The fourth-order valence-electron chi connectivity index (χ4n) is 0.941. The molecule has 0 spiro atoms. The van der Waals surface area contributed by atoms with Crippen LogP contribution in [0.25, 0.3) is 0 Å². The smallest absolute Gasteiger partial charge is 0.161 e. The third kappa shape index (κ3) is 4.12. The summed E-state index contributed by atoms with van der Waals surface area (Å²) in [6.07, 6.45) is 0. The van der Waals surface area contributed by atoms with Crippen molar-refractivity contribution in [1.82, 2.24) is 0 Å². The predicted octanol–water partition coefficient (Wildman–Crippen LogP) is 4.21. The van der Waals surface area contributed by atoms with Gasteiger partial charge in [0.25, 0.3) is 0 Å². The van der Waals surface area contributed by atoms with Crippen LogP contribution in [0, 0.1) is 34.9 Å². The van der Waals surface area contributed by atoms with Gasteiger partial charge in [0.1, 0.15) is 11.6 Å². The van der Waals surface area contributed by atoms with E-state index in [1.165, 1.54) is 0 Å². The van der Waals surface area contributed by atoms with E-state index in [-0.39, 0.29) is 0 Å². The molecule has 0 unspecified atom stereocenters. The average molecular weight is 264 g/mol. The van der Waals surface area contributed by atoms with Crippen LogP contribution in [-0.2, 0) is 0 Å². The largest absolute Gasteiger partial charge is 0.207 e. The maximum Gasteiger partial charge on any atom is 0.161 e. The first-order chi connectivity index (χ1) is 8.40. The Kier molecular flexibility index (Phi) is 4.76. The van der Waals surface area contributed by atoms with Gasteiger partial charge in [-0.05, 0) is 24.3 Å². The molecule has 0 aliphatic rings. The van der Waals surface area contributed by atoms with Gasteiger partial charge in [-0.3, -0.25) is 0 Å². The summed E-state index contributed by atoms with van der Waals surface area (Å²) in [5.74, 6) is -5.92. The molecule has 96 valence electrons. The van der Waals surface area contributed by atoms with Crippen molar-refractivity contribution in [2.75, 3.05) is 0 Å². The van der Waals surface area contributed by atoms with E-state index < -0.39 is 34.9 Å². The third-order valence-corrected chi connectivity index (χ3v) is 1.76. The molecular formula is C12H6F6. The maximum atomic E-state index is 12.0. The molecule has 2 aromatic rings. The highest BCUT2D eigenvalue weighted by molar-refractivity contribution is 5.08. The van der Waals surface area contributed by atoms with E-state index in [1.807, 2.05) is 0 Å². The quantitative estimate of drug-likeness (QED) is 0.494. The molecule has 6 heteroatoms. The molecule has 0 atom stereocenters. The van der Waals surface area contributed by atoms with E-state index in [4.69, 9.17) is 0 Å². The lowest BCUT2D eigenvalue weighted by Gasteiger charge is -1.88. The molecule has 2 aromatic carbocycles. The SMILES string of the molecule is Fc1ccc(F)c(F)c1.Fc1ccc(F)c(F)c1. The molecule has 0 saturated heterocycles. The van der Waals surface area contributed by atoms with Crippen LogP contribution in [0.2, 0.25) is 0 Å². The summed E-state index contributed by atoms with van der Waals surface area (Å²) in [6.45, 7) is 0. The first-order valence-electron chi connectivity index (χ1n) is 4.61. The Bertz CT molecular complexity index is 489. The van der Waals surface area contributed by atoms with Crippen molar-refractivity contribution in [1.29, 1.82) is 0 Å². The van der Waals surface area contributed by atoms with Crippen LogP contribution in [-0.4, -0.2) is 0 Å². The molecule has 2 rings (SSSR count). The summed E-state index contributed by atoms with van der Waals surface area (Å²) in [7, 11) is 0. The number of hydrogen-bond donors (Lipinski definition) is 0. The molecule has 0 nitrogen and oxygen atoms in total. The fourth-order valence-corrected chi connectivity index (χ4v) is 0.941. The van der Waals surface area contributed by atoms with Crippen LogP contribution >= 0.6 is 0 Å². The van der Waals surface area contributed by atoms with Crippen molar-refractivity contribution in [3.8, 4) is 0 Å². The van der Waals surface area contributed by atoms with Crippen LogP contribution in [0.1, 0.15) is 0 Å². The first-order valence-corrected chi connectivity index (χ1v) is 4.61. The topological polar surface area (TPSA) is 0 Å². The Morgan fingerprint density at radius 3 is 1.00 bits per heavy atom. The summed E-state index contributed by atoms with van der Waals surface area (Å²) in [4.78, 5) is 0. The van der Waals surface area contributed by atoms with Crippen LogP contribution in [0.5, 0.6) is 0 Å². The van der Waals surface area contributed by atoms with E-state index in [2.05, 4.69) is 0 Å². The average Bonchev–Trinajstić information content (AvgIpc) is 2.30. The zero-order chi connectivity index (χ0) is 13.7.